The Bertz CT molecular complexity index is 937. The standard InChI is InChI=1S/C23H33N5O3/c1-15(2)31-23(30)25-21-11-16(3)28(17(4)29)22-8-7-18(12-20(21)22)19-13-24-27(14-19)10-9-26(5)6/h7-8,12-16,21H,9-11H2,1-6H3,(H,25,30). The van der Waals surface area contributed by atoms with Gasteiger partial charge in [-0.1, -0.05) is 6.07 Å². The summed E-state index contributed by atoms with van der Waals surface area (Å²) in [4.78, 5) is 28.5. The Morgan fingerprint density at radius 2 is 2.03 bits per heavy atom. The molecule has 1 aliphatic rings. The van der Waals surface area contributed by atoms with Crippen molar-refractivity contribution in [3.8, 4) is 11.1 Å². The number of carbonyl (C=O) groups is 2. The number of ether oxygens (including phenoxy) is 1. The van der Waals surface area contributed by atoms with Gasteiger partial charge in [0, 0.05) is 37.0 Å². The first-order chi connectivity index (χ1) is 14.7. The zero-order valence-electron chi connectivity index (χ0n) is 19.3. The van der Waals surface area contributed by atoms with Crippen molar-refractivity contribution in [3.05, 3.63) is 36.2 Å². The highest BCUT2D eigenvalue weighted by molar-refractivity contribution is 5.94. The third-order valence-electron chi connectivity index (χ3n) is 5.40. The zero-order valence-corrected chi connectivity index (χ0v) is 19.3. The fraction of sp³-hybridized carbons (Fsp3) is 0.522. The van der Waals surface area contributed by atoms with Crippen LogP contribution in [0, 0.1) is 0 Å². The van der Waals surface area contributed by atoms with Crippen LogP contribution >= 0.6 is 0 Å². The molecule has 3 rings (SSSR count). The van der Waals surface area contributed by atoms with Crippen LogP contribution in [0.25, 0.3) is 11.1 Å². The van der Waals surface area contributed by atoms with Crippen molar-refractivity contribution in [2.24, 2.45) is 0 Å². The van der Waals surface area contributed by atoms with Gasteiger partial charge in [-0.15, -0.1) is 0 Å². The molecule has 0 saturated heterocycles. The lowest BCUT2D eigenvalue weighted by Crippen LogP contribution is -2.45. The first-order valence-corrected chi connectivity index (χ1v) is 10.7. The minimum atomic E-state index is -0.448. The van der Waals surface area contributed by atoms with Gasteiger partial charge in [0.2, 0.25) is 5.91 Å². The van der Waals surface area contributed by atoms with Crippen LogP contribution in [0.5, 0.6) is 0 Å². The van der Waals surface area contributed by atoms with Gasteiger partial charge in [0.15, 0.2) is 0 Å². The molecule has 8 heteroatoms. The molecule has 0 saturated carbocycles. The molecule has 0 bridgehead atoms. The van der Waals surface area contributed by atoms with E-state index < -0.39 is 6.09 Å². The lowest BCUT2D eigenvalue weighted by atomic mass is 9.89. The molecule has 2 atom stereocenters. The van der Waals surface area contributed by atoms with Crippen LogP contribution in [0.3, 0.4) is 0 Å². The second-order valence-electron chi connectivity index (χ2n) is 8.69. The summed E-state index contributed by atoms with van der Waals surface area (Å²) in [7, 11) is 4.07. The molecule has 0 aliphatic carbocycles. The van der Waals surface area contributed by atoms with Crippen LogP contribution in [0.1, 0.15) is 45.7 Å². The summed E-state index contributed by atoms with van der Waals surface area (Å²) >= 11 is 0. The molecule has 1 aromatic carbocycles. The van der Waals surface area contributed by atoms with E-state index in [1.807, 2.05) is 70.1 Å². The molecule has 2 unspecified atom stereocenters. The second kappa shape index (κ2) is 9.51. The molecule has 2 amide bonds. The minimum Gasteiger partial charge on any atom is -0.447 e. The van der Waals surface area contributed by atoms with E-state index in [-0.39, 0.29) is 24.1 Å². The molecule has 0 fully saturated rings. The van der Waals surface area contributed by atoms with E-state index in [9.17, 15) is 9.59 Å². The first kappa shape index (κ1) is 22.8. The van der Waals surface area contributed by atoms with Crippen molar-refractivity contribution in [1.29, 1.82) is 0 Å². The van der Waals surface area contributed by atoms with Crippen LogP contribution in [0.2, 0.25) is 0 Å². The Labute approximate surface area is 184 Å². The van der Waals surface area contributed by atoms with Gasteiger partial charge in [-0.3, -0.25) is 9.48 Å². The summed E-state index contributed by atoms with van der Waals surface area (Å²) < 4.78 is 7.22. The van der Waals surface area contributed by atoms with Gasteiger partial charge in [0.05, 0.1) is 24.9 Å². The number of alkyl carbamates (subject to hydrolysis) is 1. The normalized spacial score (nSPS) is 18.3. The average Bonchev–Trinajstić information content (AvgIpc) is 3.14. The maximum absolute atomic E-state index is 12.3. The number of benzene rings is 1. The monoisotopic (exact) mass is 427 g/mol. The van der Waals surface area contributed by atoms with Crippen LogP contribution in [0.15, 0.2) is 30.6 Å². The number of amides is 2. The largest absolute Gasteiger partial charge is 0.447 e. The van der Waals surface area contributed by atoms with E-state index in [1.54, 1.807) is 11.8 Å². The second-order valence-corrected chi connectivity index (χ2v) is 8.69. The van der Waals surface area contributed by atoms with Gasteiger partial charge >= 0.3 is 6.09 Å². The number of hydrogen-bond acceptors (Lipinski definition) is 5. The maximum atomic E-state index is 12.3. The van der Waals surface area contributed by atoms with Crippen molar-refractivity contribution in [1.82, 2.24) is 20.0 Å². The predicted octanol–water partition coefficient (Wildman–Crippen LogP) is 3.43. The van der Waals surface area contributed by atoms with E-state index in [0.717, 1.165) is 35.5 Å². The van der Waals surface area contributed by atoms with Gasteiger partial charge in [-0.2, -0.15) is 5.10 Å². The van der Waals surface area contributed by atoms with Crippen molar-refractivity contribution in [2.75, 3.05) is 25.5 Å². The number of rotatable bonds is 6. The molecule has 1 aliphatic heterocycles. The fourth-order valence-corrected chi connectivity index (χ4v) is 3.99. The number of nitrogens with zero attached hydrogens (tertiary/aromatic N) is 4. The Morgan fingerprint density at radius 3 is 2.68 bits per heavy atom. The lowest BCUT2D eigenvalue weighted by Gasteiger charge is -2.39. The highest BCUT2D eigenvalue weighted by atomic mass is 16.6. The van der Waals surface area contributed by atoms with Crippen molar-refractivity contribution in [2.45, 2.75) is 58.8 Å². The Morgan fingerprint density at radius 1 is 1.29 bits per heavy atom. The van der Waals surface area contributed by atoms with Crippen molar-refractivity contribution < 1.29 is 14.3 Å². The zero-order chi connectivity index (χ0) is 22.7. The topological polar surface area (TPSA) is 79.7 Å². The van der Waals surface area contributed by atoms with Gasteiger partial charge in [-0.05, 0) is 64.5 Å². The van der Waals surface area contributed by atoms with E-state index in [2.05, 4.69) is 15.3 Å². The highest BCUT2D eigenvalue weighted by Crippen LogP contribution is 2.39. The summed E-state index contributed by atoms with van der Waals surface area (Å²) in [5.74, 6) is -0.0128. The number of nitrogens with one attached hydrogen (secondary N) is 1. The van der Waals surface area contributed by atoms with Crippen molar-refractivity contribution in [3.63, 3.8) is 0 Å². The molecule has 2 heterocycles. The van der Waals surface area contributed by atoms with Crippen LogP contribution in [-0.4, -0.2) is 59.5 Å². The molecule has 168 valence electrons. The maximum Gasteiger partial charge on any atom is 0.407 e. The molecular weight excluding hydrogens is 394 g/mol. The fourth-order valence-electron chi connectivity index (χ4n) is 3.99. The van der Waals surface area contributed by atoms with Gasteiger partial charge in [-0.25, -0.2) is 4.79 Å². The van der Waals surface area contributed by atoms with Gasteiger partial charge in [0.1, 0.15) is 0 Å². The average molecular weight is 428 g/mol. The molecule has 1 aromatic heterocycles. The number of anilines is 1. The summed E-state index contributed by atoms with van der Waals surface area (Å²) in [6.45, 7) is 8.92. The molecule has 0 radical (unpaired) electrons. The number of likely N-dealkylation sites (N-methyl/N-ethyl adjacent to an activating group) is 1. The van der Waals surface area contributed by atoms with Crippen molar-refractivity contribution >= 4 is 17.7 Å². The predicted molar refractivity (Wildman–Crippen MR) is 121 cm³/mol. The van der Waals surface area contributed by atoms with Gasteiger partial charge < -0.3 is 19.9 Å². The Balaban J connectivity index is 1.93. The highest BCUT2D eigenvalue weighted by Gasteiger charge is 2.33. The minimum absolute atomic E-state index is 0.0128. The van der Waals surface area contributed by atoms with Gasteiger partial charge in [0.25, 0.3) is 0 Å². The molecular formula is C23H33N5O3. The van der Waals surface area contributed by atoms with E-state index in [1.165, 1.54) is 0 Å². The summed E-state index contributed by atoms with van der Waals surface area (Å²) in [6, 6.07) is 5.74. The van der Waals surface area contributed by atoms with Crippen LogP contribution < -0.4 is 10.2 Å². The Hall–Kier alpha value is -2.87. The van der Waals surface area contributed by atoms with E-state index >= 15 is 0 Å². The number of hydrogen-bond donors (Lipinski definition) is 1. The number of carbonyl (C=O) groups excluding carboxylic acids is 2. The summed E-state index contributed by atoms with van der Waals surface area (Å²) in [5, 5.41) is 7.46. The number of fused-ring (bicyclic) bond motifs is 1. The first-order valence-electron chi connectivity index (χ1n) is 10.7. The molecule has 0 spiro atoms. The molecule has 31 heavy (non-hydrogen) atoms. The summed E-state index contributed by atoms with van der Waals surface area (Å²) in [6.07, 6.45) is 3.84. The SMILES string of the molecule is CC(=O)N1c2ccc(-c3cnn(CCN(C)C)c3)cc2C(NC(=O)OC(C)C)CC1C. The van der Waals surface area contributed by atoms with E-state index in [0.29, 0.717) is 6.42 Å². The molecule has 2 aromatic rings. The smallest absolute Gasteiger partial charge is 0.407 e. The van der Waals surface area contributed by atoms with Crippen LogP contribution in [-0.2, 0) is 16.1 Å². The van der Waals surface area contributed by atoms with E-state index in [4.69, 9.17) is 4.74 Å². The quantitative estimate of drug-likeness (QED) is 0.764. The molecule has 1 N–H and O–H groups in total. The third kappa shape index (κ3) is 5.44. The molecule has 8 nitrogen and oxygen atoms in total. The summed E-state index contributed by atoms with van der Waals surface area (Å²) in [5.41, 5.74) is 3.73. The lowest BCUT2D eigenvalue weighted by molar-refractivity contribution is -0.117. The Kier molecular flexibility index (Phi) is 7.00. The third-order valence-corrected chi connectivity index (χ3v) is 5.40. The van der Waals surface area contributed by atoms with Crippen LogP contribution in [0.4, 0.5) is 10.5 Å². The number of aromatic nitrogens is 2.